The zero-order valence-corrected chi connectivity index (χ0v) is 17.2. The Hall–Kier alpha value is -1.99. The predicted molar refractivity (Wildman–Crippen MR) is 112 cm³/mol. The summed E-state index contributed by atoms with van der Waals surface area (Å²) in [6, 6.07) is 13.5. The second-order valence-corrected chi connectivity index (χ2v) is 8.48. The third-order valence-corrected chi connectivity index (χ3v) is 6.41. The summed E-state index contributed by atoms with van der Waals surface area (Å²) >= 11 is 12.2. The number of rotatable bonds is 3. The molecule has 0 aromatic heterocycles. The van der Waals surface area contributed by atoms with Crippen LogP contribution in [0.1, 0.15) is 36.8 Å². The van der Waals surface area contributed by atoms with Crippen LogP contribution in [0, 0.1) is 16.7 Å². The average Bonchev–Trinajstić information content (AvgIpc) is 2.95. The quantitative estimate of drug-likeness (QED) is 0.518. The number of benzene rings is 2. The predicted octanol–water partition coefficient (Wildman–Crippen LogP) is 6.82. The molecule has 2 aliphatic rings. The van der Waals surface area contributed by atoms with E-state index in [-0.39, 0.29) is 5.41 Å². The maximum atomic E-state index is 9.42. The highest BCUT2D eigenvalue weighted by molar-refractivity contribution is 6.34. The van der Waals surface area contributed by atoms with Gasteiger partial charge in [0.05, 0.1) is 12.2 Å². The molecule has 5 heteroatoms. The fraction of sp³-hybridized carbons (Fsp3) is 0.348. The van der Waals surface area contributed by atoms with Gasteiger partial charge in [-0.15, -0.1) is 0 Å². The van der Waals surface area contributed by atoms with Gasteiger partial charge in [-0.2, -0.15) is 5.26 Å². The van der Waals surface area contributed by atoms with Gasteiger partial charge >= 0.3 is 0 Å². The van der Waals surface area contributed by atoms with Gasteiger partial charge in [-0.1, -0.05) is 29.3 Å². The monoisotopic (exact) mass is 413 g/mol. The number of ether oxygens (including phenoxy) is 2. The van der Waals surface area contributed by atoms with Crippen molar-refractivity contribution in [1.29, 1.82) is 5.26 Å². The molecule has 2 aromatic carbocycles. The van der Waals surface area contributed by atoms with Crippen LogP contribution in [0.25, 0.3) is 5.57 Å². The Labute approximate surface area is 175 Å². The lowest BCUT2D eigenvalue weighted by Gasteiger charge is -2.38. The molecule has 0 radical (unpaired) electrons. The Bertz CT molecular complexity index is 949. The van der Waals surface area contributed by atoms with Crippen LogP contribution in [-0.4, -0.2) is 13.2 Å². The van der Waals surface area contributed by atoms with E-state index >= 15 is 0 Å². The third kappa shape index (κ3) is 3.65. The van der Waals surface area contributed by atoms with Crippen molar-refractivity contribution in [2.75, 3.05) is 7.11 Å². The molecule has 4 rings (SSSR count). The summed E-state index contributed by atoms with van der Waals surface area (Å²) in [6.45, 7) is 0. The van der Waals surface area contributed by atoms with Gasteiger partial charge in [-0.3, -0.25) is 0 Å². The van der Waals surface area contributed by atoms with Crippen LogP contribution in [0.2, 0.25) is 10.0 Å². The smallest absolute Gasteiger partial charge is 0.130 e. The summed E-state index contributed by atoms with van der Waals surface area (Å²) in [6.07, 6.45) is 7.13. The van der Waals surface area contributed by atoms with Crippen molar-refractivity contribution in [3.63, 3.8) is 0 Å². The molecule has 0 unspecified atom stereocenters. The molecule has 0 saturated heterocycles. The van der Waals surface area contributed by atoms with E-state index in [0.717, 1.165) is 43.2 Å². The molecule has 0 heterocycles. The van der Waals surface area contributed by atoms with Crippen molar-refractivity contribution in [2.24, 2.45) is 5.41 Å². The summed E-state index contributed by atoms with van der Waals surface area (Å²) in [4.78, 5) is 0. The van der Waals surface area contributed by atoms with E-state index in [2.05, 4.69) is 12.1 Å². The fourth-order valence-corrected chi connectivity index (χ4v) is 5.12. The number of nitrogens with zero attached hydrogens (tertiary/aromatic N) is 1. The van der Waals surface area contributed by atoms with Gasteiger partial charge in [0.25, 0.3) is 0 Å². The van der Waals surface area contributed by atoms with Crippen molar-refractivity contribution < 1.29 is 9.47 Å². The number of hydrogen-bond donors (Lipinski definition) is 0. The first-order valence-corrected chi connectivity index (χ1v) is 10.2. The molecule has 0 N–H and O–H groups in total. The molecule has 1 spiro atoms. The molecule has 2 aromatic rings. The van der Waals surface area contributed by atoms with Gasteiger partial charge < -0.3 is 9.47 Å². The molecule has 144 valence electrons. The lowest BCUT2D eigenvalue weighted by atomic mass is 9.68. The van der Waals surface area contributed by atoms with E-state index in [0.29, 0.717) is 27.6 Å². The largest absolute Gasteiger partial charge is 0.457 e. The van der Waals surface area contributed by atoms with Crippen LogP contribution in [-0.2, 0) is 11.2 Å². The van der Waals surface area contributed by atoms with Gasteiger partial charge in [0.15, 0.2) is 0 Å². The molecular formula is C23H21Cl2NO2. The van der Waals surface area contributed by atoms with Gasteiger partial charge in [-0.25, -0.2) is 0 Å². The van der Waals surface area contributed by atoms with E-state index in [4.69, 9.17) is 32.7 Å². The van der Waals surface area contributed by atoms with Gasteiger partial charge in [0.2, 0.25) is 0 Å². The Morgan fingerprint density at radius 1 is 1.07 bits per heavy atom. The molecule has 1 fully saturated rings. The number of fused-ring (bicyclic) bond motifs is 1. The molecule has 0 amide bonds. The normalized spacial score (nSPS) is 24.9. The summed E-state index contributed by atoms with van der Waals surface area (Å²) in [7, 11) is 1.78. The Kier molecular flexibility index (Phi) is 5.38. The minimum atomic E-state index is 0.0328. The fourth-order valence-electron chi connectivity index (χ4n) is 4.61. The molecule has 0 atom stereocenters. The number of halogens is 2. The van der Waals surface area contributed by atoms with Gasteiger partial charge in [0, 0.05) is 28.6 Å². The highest BCUT2D eigenvalue weighted by atomic mass is 35.5. The van der Waals surface area contributed by atoms with Gasteiger partial charge in [-0.05, 0) is 79.1 Å². The highest BCUT2D eigenvalue weighted by Gasteiger charge is 2.44. The molecule has 0 aliphatic heterocycles. The summed E-state index contributed by atoms with van der Waals surface area (Å²) in [5, 5.41) is 10.5. The van der Waals surface area contributed by atoms with E-state index < -0.39 is 0 Å². The van der Waals surface area contributed by atoms with Gasteiger partial charge in [0.1, 0.15) is 11.5 Å². The van der Waals surface area contributed by atoms with E-state index in [1.807, 2.05) is 12.1 Å². The molecule has 3 nitrogen and oxygen atoms in total. The summed E-state index contributed by atoms with van der Waals surface area (Å²) < 4.78 is 11.5. The van der Waals surface area contributed by atoms with Crippen LogP contribution >= 0.6 is 23.2 Å². The van der Waals surface area contributed by atoms with Crippen LogP contribution in [0.3, 0.4) is 0 Å². The molecular weight excluding hydrogens is 393 g/mol. The van der Waals surface area contributed by atoms with Crippen LogP contribution in [0.4, 0.5) is 0 Å². The topological polar surface area (TPSA) is 42.2 Å². The summed E-state index contributed by atoms with van der Waals surface area (Å²) in [5.41, 5.74) is 3.55. The zero-order chi connectivity index (χ0) is 19.7. The van der Waals surface area contributed by atoms with Crippen LogP contribution < -0.4 is 4.74 Å². The minimum absolute atomic E-state index is 0.0328. The lowest BCUT2D eigenvalue weighted by molar-refractivity contribution is 0.0447. The van der Waals surface area contributed by atoms with E-state index in [1.165, 1.54) is 5.56 Å². The van der Waals surface area contributed by atoms with Crippen molar-refractivity contribution in [2.45, 2.75) is 38.2 Å². The molecule has 1 saturated carbocycles. The second kappa shape index (κ2) is 7.79. The van der Waals surface area contributed by atoms with Crippen molar-refractivity contribution >= 4 is 28.8 Å². The molecule has 28 heavy (non-hydrogen) atoms. The number of allylic oxidation sites excluding steroid dienone is 2. The second-order valence-electron chi connectivity index (χ2n) is 7.61. The van der Waals surface area contributed by atoms with Crippen molar-refractivity contribution in [3.8, 4) is 17.6 Å². The van der Waals surface area contributed by atoms with Crippen LogP contribution in [0.5, 0.6) is 11.5 Å². The SMILES string of the molecule is CO[C@H]1CC[C@]2(CC1)Cc1ccc(Oc3cc(Cl)cc(Cl)c3)cc1/C2=C\C#N. The first-order valence-electron chi connectivity index (χ1n) is 9.43. The summed E-state index contributed by atoms with van der Waals surface area (Å²) in [5.74, 6) is 1.31. The lowest BCUT2D eigenvalue weighted by Crippen LogP contribution is -2.30. The zero-order valence-electron chi connectivity index (χ0n) is 15.7. The Morgan fingerprint density at radius 2 is 1.79 bits per heavy atom. The van der Waals surface area contributed by atoms with Crippen molar-refractivity contribution in [3.05, 3.63) is 63.6 Å². The van der Waals surface area contributed by atoms with Crippen LogP contribution in [0.15, 0.2) is 42.5 Å². The first-order chi connectivity index (χ1) is 13.5. The Morgan fingerprint density at radius 3 is 2.43 bits per heavy atom. The Balaban J connectivity index is 1.65. The highest BCUT2D eigenvalue weighted by Crippen LogP contribution is 2.55. The number of hydrogen-bond acceptors (Lipinski definition) is 3. The standard InChI is InChI=1S/C23H21Cl2NO2/c1-27-18-4-7-23(8-5-18)14-15-2-3-19(13-21(15)22(23)6-9-26)28-20-11-16(24)10-17(25)12-20/h2-3,6,10-13,18H,4-5,7-8,14H2,1H3/b22-6+/t18-,23-. The van der Waals surface area contributed by atoms with E-state index in [9.17, 15) is 5.26 Å². The maximum absolute atomic E-state index is 9.42. The maximum Gasteiger partial charge on any atom is 0.130 e. The number of nitriles is 1. The molecule has 2 aliphatic carbocycles. The minimum Gasteiger partial charge on any atom is -0.457 e. The number of methoxy groups -OCH3 is 1. The average molecular weight is 414 g/mol. The van der Waals surface area contributed by atoms with Crippen molar-refractivity contribution in [1.82, 2.24) is 0 Å². The van der Waals surface area contributed by atoms with E-state index in [1.54, 1.807) is 31.4 Å². The molecule has 0 bridgehead atoms. The first kappa shape index (κ1) is 19.3. The third-order valence-electron chi connectivity index (χ3n) is 5.98.